The molecular weight excluding hydrogens is 427 g/mol. The van der Waals surface area contributed by atoms with Crippen LogP contribution in [0.4, 0.5) is 0 Å². The lowest BCUT2D eigenvalue weighted by Crippen LogP contribution is -2.06. The summed E-state index contributed by atoms with van der Waals surface area (Å²) in [4.78, 5) is 10.2. The lowest BCUT2D eigenvalue weighted by molar-refractivity contribution is 0.131. The van der Waals surface area contributed by atoms with Crippen molar-refractivity contribution in [3.8, 4) is 0 Å². The molecule has 0 aliphatic carbocycles. The van der Waals surface area contributed by atoms with Crippen molar-refractivity contribution in [3.05, 3.63) is 111 Å². The van der Waals surface area contributed by atoms with Gasteiger partial charge in [0.15, 0.2) is 0 Å². The van der Waals surface area contributed by atoms with E-state index < -0.39 is 0 Å². The van der Waals surface area contributed by atoms with Crippen LogP contribution in [0, 0.1) is 0 Å². The van der Waals surface area contributed by atoms with Crippen molar-refractivity contribution in [1.29, 1.82) is 0 Å². The van der Waals surface area contributed by atoms with E-state index >= 15 is 0 Å². The van der Waals surface area contributed by atoms with Gasteiger partial charge in [-0.05, 0) is 35.9 Å². The summed E-state index contributed by atoms with van der Waals surface area (Å²) < 4.78 is 0. The molecule has 0 aliphatic rings. The molecule has 0 fully saturated rings. The number of fused-ring (bicyclic) bond motifs is 1. The van der Waals surface area contributed by atoms with Crippen LogP contribution < -0.4 is 0 Å². The highest BCUT2D eigenvalue weighted by Gasteiger charge is 2.15. The van der Waals surface area contributed by atoms with Crippen LogP contribution in [0.15, 0.2) is 84.1 Å². The van der Waals surface area contributed by atoms with Crippen LogP contribution in [-0.4, -0.2) is 10.7 Å². The van der Waals surface area contributed by atoms with Crippen LogP contribution in [0.1, 0.15) is 16.7 Å². The summed E-state index contributed by atoms with van der Waals surface area (Å²) in [6.07, 6.45) is 1.75. The number of halogens is 3. The zero-order valence-electron chi connectivity index (χ0n) is 15.1. The Hall–Kier alpha value is -2.59. The van der Waals surface area contributed by atoms with Crippen molar-refractivity contribution < 1.29 is 4.84 Å². The molecule has 0 amide bonds. The predicted molar refractivity (Wildman–Crippen MR) is 120 cm³/mol. The number of nitrogens with zero attached hydrogens (tertiary/aromatic N) is 2. The fourth-order valence-electron chi connectivity index (χ4n) is 2.94. The van der Waals surface area contributed by atoms with E-state index in [0.717, 1.165) is 22.0 Å². The Balaban J connectivity index is 1.74. The van der Waals surface area contributed by atoms with E-state index in [-0.39, 0.29) is 6.61 Å². The third-order valence-electron chi connectivity index (χ3n) is 4.35. The van der Waals surface area contributed by atoms with Crippen LogP contribution in [-0.2, 0) is 11.4 Å². The maximum Gasteiger partial charge on any atom is 0.142 e. The van der Waals surface area contributed by atoms with E-state index in [2.05, 4.69) is 10.1 Å². The van der Waals surface area contributed by atoms with Gasteiger partial charge < -0.3 is 4.84 Å². The molecule has 0 aliphatic heterocycles. The molecule has 1 heterocycles. The van der Waals surface area contributed by atoms with E-state index in [0.29, 0.717) is 26.3 Å². The van der Waals surface area contributed by atoms with Gasteiger partial charge >= 0.3 is 0 Å². The van der Waals surface area contributed by atoms with Crippen molar-refractivity contribution in [2.75, 3.05) is 0 Å². The summed E-state index contributed by atoms with van der Waals surface area (Å²) in [5.74, 6) is 0. The largest absolute Gasteiger partial charge is 0.390 e. The average molecular weight is 442 g/mol. The number of rotatable bonds is 5. The number of benzene rings is 3. The molecule has 0 radical (unpaired) electrons. The van der Waals surface area contributed by atoms with Gasteiger partial charge in [-0.1, -0.05) is 82.4 Å². The van der Waals surface area contributed by atoms with Crippen LogP contribution in [0.2, 0.25) is 15.1 Å². The number of pyridine rings is 1. The van der Waals surface area contributed by atoms with Gasteiger partial charge in [0, 0.05) is 27.7 Å². The Labute approximate surface area is 183 Å². The van der Waals surface area contributed by atoms with Crippen molar-refractivity contribution in [3.63, 3.8) is 0 Å². The first-order valence-electron chi connectivity index (χ1n) is 8.86. The van der Waals surface area contributed by atoms with E-state index in [1.165, 1.54) is 0 Å². The average Bonchev–Trinajstić information content (AvgIpc) is 2.73. The van der Waals surface area contributed by atoms with E-state index in [1.54, 1.807) is 12.3 Å². The van der Waals surface area contributed by atoms with Crippen molar-refractivity contribution in [2.24, 2.45) is 5.16 Å². The molecule has 4 rings (SSSR count). The number of para-hydroxylation sites is 1. The maximum atomic E-state index is 6.47. The molecule has 3 aromatic carbocycles. The molecule has 1 aromatic heterocycles. The molecular formula is C23H15Cl3N2O. The molecule has 0 unspecified atom stereocenters. The Kier molecular flexibility index (Phi) is 6.00. The van der Waals surface area contributed by atoms with Gasteiger partial charge in [-0.3, -0.25) is 4.98 Å². The summed E-state index contributed by atoms with van der Waals surface area (Å²) in [5, 5.41) is 6.88. The molecule has 29 heavy (non-hydrogen) atoms. The third kappa shape index (κ3) is 4.54. The van der Waals surface area contributed by atoms with Gasteiger partial charge in [-0.15, -0.1) is 0 Å². The molecule has 4 aromatic rings. The number of aromatic nitrogens is 1. The zero-order chi connectivity index (χ0) is 20.2. The monoisotopic (exact) mass is 440 g/mol. The van der Waals surface area contributed by atoms with Crippen LogP contribution >= 0.6 is 34.8 Å². The summed E-state index contributed by atoms with van der Waals surface area (Å²) in [5.41, 5.74) is 3.81. The minimum Gasteiger partial charge on any atom is -0.390 e. The molecule has 0 saturated carbocycles. The second kappa shape index (κ2) is 8.83. The summed E-state index contributed by atoms with van der Waals surface area (Å²) in [6.45, 7) is 0.267. The quantitative estimate of drug-likeness (QED) is 0.243. The van der Waals surface area contributed by atoms with Crippen molar-refractivity contribution >= 4 is 51.4 Å². The van der Waals surface area contributed by atoms with Gasteiger partial charge in [0.1, 0.15) is 12.3 Å². The first-order chi connectivity index (χ1) is 14.1. The van der Waals surface area contributed by atoms with Crippen molar-refractivity contribution in [2.45, 2.75) is 6.61 Å². The Bertz CT molecular complexity index is 1210. The molecule has 144 valence electrons. The highest BCUT2D eigenvalue weighted by molar-refractivity contribution is 6.44. The van der Waals surface area contributed by atoms with E-state index in [4.69, 9.17) is 39.6 Å². The normalized spacial score (nSPS) is 11.6. The molecule has 3 nitrogen and oxygen atoms in total. The van der Waals surface area contributed by atoms with E-state index in [9.17, 15) is 0 Å². The summed E-state index contributed by atoms with van der Waals surface area (Å²) in [7, 11) is 0. The van der Waals surface area contributed by atoms with Gasteiger partial charge in [0.2, 0.25) is 0 Å². The topological polar surface area (TPSA) is 34.5 Å². The minimum absolute atomic E-state index is 0.267. The summed E-state index contributed by atoms with van der Waals surface area (Å²) in [6, 6.07) is 22.7. The lowest BCUT2D eigenvalue weighted by atomic mass is 10.0. The first-order valence-corrected chi connectivity index (χ1v) is 9.99. The van der Waals surface area contributed by atoms with Crippen molar-refractivity contribution in [1.82, 2.24) is 4.98 Å². The predicted octanol–water partition coefficient (Wildman–Crippen LogP) is 7.16. The highest BCUT2D eigenvalue weighted by Crippen LogP contribution is 2.28. The fraction of sp³-hybridized carbons (Fsp3) is 0.0435. The Morgan fingerprint density at radius 3 is 2.59 bits per heavy atom. The second-order valence-electron chi connectivity index (χ2n) is 6.36. The van der Waals surface area contributed by atoms with Gasteiger partial charge in [0.05, 0.1) is 15.6 Å². The first kappa shape index (κ1) is 19.7. The van der Waals surface area contributed by atoms with Gasteiger partial charge in [-0.25, -0.2) is 0 Å². The van der Waals surface area contributed by atoms with Crippen LogP contribution in [0.25, 0.3) is 10.9 Å². The highest BCUT2D eigenvalue weighted by atomic mass is 35.5. The standard InChI is InChI=1S/C23H15Cl3N2O/c24-18-7-3-5-15(11-18)14-29-28-23(19-8-4-9-20(25)22(19)26)17-12-16-6-1-2-10-21(16)27-13-17/h1-13H,14H2. The fourth-order valence-corrected chi connectivity index (χ4v) is 3.55. The number of oxime groups is 1. The lowest BCUT2D eigenvalue weighted by Gasteiger charge is -2.11. The van der Waals surface area contributed by atoms with Crippen LogP contribution in [0.5, 0.6) is 0 Å². The smallest absolute Gasteiger partial charge is 0.142 e. The molecule has 0 spiro atoms. The third-order valence-corrected chi connectivity index (χ3v) is 5.40. The molecule has 0 saturated heterocycles. The number of hydrogen-bond acceptors (Lipinski definition) is 3. The molecule has 6 heteroatoms. The van der Waals surface area contributed by atoms with Gasteiger partial charge in [0.25, 0.3) is 0 Å². The minimum atomic E-state index is 0.267. The van der Waals surface area contributed by atoms with E-state index in [1.807, 2.05) is 66.7 Å². The second-order valence-corrected chi connectivity index (χ2v) is 7.58. The van der Waals surface area contributed by atoms with Gasteiger partial charge in [-0.2, -0.15) is 0 Å². The maximum absolute atomic E-state index is 6.47. The molecule has 0 atom stereocenters. The molecule has 0 bridgehead atoms. The zero-order valence-corrected chi connectivity index (χ0v) is 17.4. The number of hydrogen-bond donors (Lipinski definition) is 0. The Morgan fingerprint density at radius 1 is 0.897 bits per heavy atom. The molecule has 0 N–H and O–H groups in total. The van der Waals surface area contributed by atoms with Crippen LogP contribution in [0.3, 0.4) is 0 Å². The Morgan fingerprint density at radius 2 is 1.72 bits per heavy atom. The SMILES string of the molecule is Clc1cccc(CON=C(c2cnc3ccccc3c2)c2cccc(Cl)c2Cl)c1. The summed E-state index contributed by atoms with van der Waals surface area (Å²) >= 11 is 18.7.